The maximum Gasteiger partial charge on any atom is 0.294 e. The highest BCUT2D eigenvalue weighted by Gasteiger charge is 2.39. The number of hydrogen-bond acceptors (Lipinski definition) is 3. The van der Waals surface area contributed by atoms with Crippen LogP contribution in [0.15, 0.2) is 0 Å². The van der Waals surface area contributed by atoms with Gasteiger partial charge in [0.05, 0.1) is 0 Å². The van der Waals surface area contributed by atoms with Crippen molar-refractivity contribution in [3.8, 4) is 0 Å². The minimum absolute atomic E-state index is 0.158. The Morgan fingerprint density at radius 3 is 2.62 bits per heavy atom. The zero-order chi connectivity index (χ0) is 10.1. The third kappa shape index (κ3) is 2.40. The van der Waals surface area contributed by atoms with Crippen LogP contribution in [0.4, 0.5) is 4.39 Å². The highest BCUT2D eigenvalue weighted by Crippen LogP contribution is 2.28. The van der Waals surface area contributed by atoms with Gasteiger partial charge in [-0.3, -0.25) is 9.69 Å². The van der Waals surface area contributed by atoms with Gasteiger partial charge >= 0.3 is 0 Å². The predicted octanol–water partition coefficient (Wildman–Crippen LogP) is 1.33. The second-order valence-corrected chi connectivity index (χ2v) is 4.34. The first-order valence-corrected chi connectivity index (χ1v) is 4.45. The molecular weight excluding hydrogens is 173 g/mol. The third-order valence-corrected chi connectivity index (χ3v) is 2.27. The molecule has 76 valence electrons. The third-order valence-electron chi connectivity index (χ3n) is 2.27. The summed E-state index contributed by atoms with van der Waals surface area (Å²) in [7, 11) is 0. The van der Waals surface area contributed by atoms with E-state index in [0.717, 1.165) is 0 Å². The molecule has 4 heteroatoms. The van der Waals surface area contributed by atoms with Crippen LogP contribution in [0, 0.1) is 0 Å². The van der Waals surface area contributed by atoms with Gasteiger partial charge in [-0.2, -0.15) is 0 Å². The molecule has 0 amide bonds. The predicted molar refractivity (Wildman–Crippen MR) is 46.9 cm³/mol. The van der Waals surface area contributed by atoms with E-state index in [9.17, 15) is 9.18 Å². The molecule has 2 unspecified atom stereocenters. The van der Waals surface area contributed by atoms with E-state index < -0.39 is 12.4 Å². The Bertz CT molecular complexity index is 191. The van der Waals surface area contributed by atoms with Gasteiger partial charge in [-0.15, -0.1) is 0 Å². The summed E-state index contributed by atoms with van der Waals surface area (Å²) < 4.78 is 17.9. The van der Waals surface area contributed by atoms with Crippen LogP contribution in [0.2, 0.25) is 0 Å². The molecule has 1 fully saturated rings. The molecule has 1 saturated heterocycles. The lowest BCUT2D eigenvalue weighted by molar-refractivity contribution is -0.144. The molecule has 2 atom stereocenters. The molecule has 0 bridgehead atoms. The monoisotopic (exact) mass is 189 g/mol. The maximum atomic E-state index is 13.0. The highest BCUT2D eigenvalue weighted by atomic mass is 19.1. The summed E-state index contributed by atoms with van der Waals surface area (Å²) in [6.45, 7) is 6.67. The molecule has 1 aliphatic rings. The van der Waals surface area contributed by atoms with Gasteiger partial charge in [0.15, 0.2) is 6.23 Å². The molecule has 0 radical (unpaired) electrons. The second-order valence-electron chi connectivity index (χ2n) is 4.34. The van der Waals surface area contributed by atoms with Crippen molar-refractivity contribution in [2.45, 2.75) is 45.1 Å². The van der Waals surface area contributed by atoms with Crippen LogP contribution in [0.25, 0.3) is 0 Å². The Morgan fingerprint density at radius 2 is 2.15 bits per heavy atom. The molecular formula is C9H16FNO2. The SMILES string of the molecule is CC(C)(C)N1CC(F)CC1OC=O. The van der Waals surface area contributed by atoms with Gasteiger partial charge in [0.1, 0.15) is 6.17 Å². The van der Waals surface area contributed by atoms with Crippen LogP contribution < -0.4 is 0 Å². The molecule has 0 saturated carbocycles. The van der Waals surface area contributed by atoms with Crippen molar-refractivity contribution >= 4 is 6.47 Å². The fraction of sp³-hybridized carbons (Fsp3) is 0.889. The summed E-state index contributed by atoms with van der Waals surface area (Å²) in [5.41, 5.74) is -0.158. The summed E-state index contributed by atoms with van der Waals surface area (Å²) >= 11 is 0. The fourth-order valence-corrected chi connectivity index (χ4v) is 1.65. The number of likely N-dealkylation sites (tertiary alicyclic amines) is 1. The van der Waals surface area contributed by atoms with Crippen LogP contribution in [-0.2, 0) is 9.53 Å². The zero-order valence-electron chi connectivity index (χ0n) is 8.29. The highest BCUT2D eigenvalue weighted by molar-refractivity contribution is 5.37. The van der Waals surface area contributed by atoms with E-state index in [1.54, 1.807) is 0 Å². The lowest BCUT2D eigenvalue weighted by atomic mass is 10.1. The zero-order valence-corrected chi connectivity index (χ0v) is 8.29. The van der Waals surface area contributed by atoms with Gasteiger partial charge in [-0.05, 0) is 20.8 Å². The van der Waals surface area contributed by atoms with Gasteiger partial charge in [0.25, 0.3) is 6.47 Å². The van der Waals surface area contributed by atoms with Crippen LogP contribution >= 0.6 is 0 Å². The molecule has 0 N–H and O–H groups in total. The summed E-state index contributed by atoms with van der Waals surface area (Å²) in [6, 6.07) is 0. The number of halogens is 1. The molecule has 0 aliphatic carbocycles. The summed E-state index contributed by atoms with van der Waals surface area (Å²) in [5, 5.41) is 0. The van der Waals surface area contributed by atoms with Crippen LogP contribution in [0.1, 0.15) is 27.2 Å². The minimum atomic E-state index is -0.885. The van der Waals surface area contributed by atoms with Gasteiger partial charge in [0, 0.05) is 18.5 Å². The topological polar surface area (TPSA) is 29.5 Å². The first kappa shape index (κ1) is 10.4. The van der Waals surface area contributed by atoms with Crippen LogP contribution in [0.5, 0.6) is 0 Å². The number of rotatable bonds is 2. The average molecular weight is 189 g/mol. The number of nitrogens with zero attached hydrogens (tertiary/aromatic N) is 1. The molecule has 1 aliphatic heterocycles. The van der Waals surface area contributed by atoms with Crippen molar-refractivity contribution in [3.63, 3.8) is 0 Å². The smallest absolute Gasteiger partial charge is 0.294 e. The van der Waals surface area contributed by atoms with E-state index in [1.165, 1.54) is 0 Å². The van der Waals surface area contributed by atoms with E-state index in [1.807, 2.05) is 25.7 Å². The van der Waals surface area contributed by atoms with Crippen LogP contribution in [-0.4, -0.2) is 35.9 Å². The van der Waals surface area contributed by atoms with Crippen molar-refractivity contribution in [1.29, 1.82) is 0 Å². The van der Waals surface area contributed by atoms with Gasteiger partial charge in [0.2, 0.25) is 0 Å². The van der Waals surface area contributed by atoms with E-state index in [2.05, 4.69) is 0 Å². The number of hydrogen-bond donors (Lipinski definition) is 0. The van der Waals surface area contributed by atoms with Gasteiger partial charge in [-0.25, -0.2) is 4.39 Å². The quantitative estimate of drug-likeness (QED) is 0.614. The fourth-order valence-electron chi connectivity index (χ4n) is 1.65. The summed E-state index contributed by atoms with van der Waals surface area (Å²) in [4.78, 5) is 12.0. The van der Waals surface area contributed by atoms with Crippen molar-refractivity contribution in [2.75, 3.05) is 6.54 Å². The summed E-state index contributed by atoms with van der Waals surface area (Å²) in [5.74, 6) is 0. The lowest BCUT2D eigenvalue weighted by Crippen LogP contribution is -2.45. The summed E-state index contributed by atoms with van der Waals surface area (Å²) in [6.07, 6.45) is -0.993. The minimum Gasteiger partial charge on any atom is -0.448 e. The molecule has 0 spiro atoms. The van der Waals surface area contributed by atoms with Crippen molar-refractivity contribution in [2.24, 2.45) is 0 Å². The first-order valence-electron chi connectivity index (χ1n) is 4.45. The molecule has 1 heterocycles. The molecule has 13 heavy (non-hydrogen) atoms. The number of alkyl halides is 1. The normalized spacial score (nSPS) is 30.5. The standard InChI is InChI=1S/C9H16FNO2/c1-9(2,3)11-5-7(10)4-8(11)13-6-12/h6-8H,4-5H2,1-3H3. The Morgan fingerprint density at radius 1 is 1.54 bits per heavy atom. The lowest BCUT2D eigenvalue weighted by Gasteiger charge is -2.35. The van der Waals surface area contributed by atoms with Crippen molar-refractivity contribution < 1.29 is 13.9 Å². The Balaban J connectivity index is 2.65. The van der Waals surface area contributed by atoms with Crippen molar-refractivity contribution in [3.05, 3.63) is 0 Å². The molecule has 0 aromatic heterocycles. The molecule has 1 rings (SSSR count). The van der Waals surface area contributed by atoms with Gasteiger partial charge < -0.3 is 4.74 Å². The van der Waals surface area contributed by atoms with E-state index in [0.29, 0.717) is 13.0 Å². The van der Waals surface area contributed by atoms with E-state index >= 15 is 0 Å². The first-order chi connectivity index (χ1) is 5.95. The Kier molecular flexibility index (Phi) is 2.91. The Hall–Kier alpha value is -0.640. The van der Waals surface area contributed by atoms with Crippen molar-refractivity contribution in [1.82, 2.24) is 4.90 Å². The molecule has 0 aromatic carbocycles. The molecule has 3 nitrogen and oxygen atoms in total. The molecule has 0 aromatic rings. The maximum absolute atomic E-state index is 13.0. The van der Waals surface area contributed by atoms with Gasteiger partial charge in [-0.1, -0.05) is 0 Å². The van der Waals surface area contributed by atoms with Crippen LogP contribution in [0.3, 0.4) is 0 Å². The number of carbonyl (C=O) groups is 1. The largest absolute Gasteiger partial charge is 0.448 e. The average Bonchev–Trinajstić information content (AvgIpc) is 2.30. The van der Waals surface area contributed by atoms with E-state index in [4.69, 9.17) is 4.74 Å². The number of carbonyl (C=O) groups excluding carboxylic acids is 1. The number of ether oxygens (including phenoxy) is 1. The Labute approximate surface area is 77.9 Å². The van der Waals surface area contributed by atoms with E-state index in [-0.39, 0.29) is 12.0 Å². The second kappa shape index (κ2) is 3.62.